The third-order valence-electron chi connectivity index (χ3n) is 5.22. The monoisotopic (exact) mass is 364 g/mol. The SMILES string of the molecule is CCn1ccc(C(=O)N2CCC(n3c(C)cnc3-c3ccncc3)CC2)n1. The van der Waals surface area contributed by atoms with E-state index < -0.39 is 0 Å². The van der Waals surface area contributed by atoms with E-state index in [1.165, 1.54) is 0 Å². The highest BCUT2D eigenvalue weighted by atomic mass is 16.2. The first-order valence-electron chi connectivity index (χ1n) is 9.44. The smallest absolute Gasteiger partial charge is 0.274 e. The summed E-state index contributed by atoms with van der Waals surface area (Å²) in [4.78, 5) is 23.3. The van der Waals surface area contributed by atoms with Crippen LogP contribution in [0.1, 0.15) is 42.0 Å². The van der Waals surface area contributed by atoms with Crippen LogP contribution in [0.15, 0.2) is 43.0 Å². The zero-order chi connectivity index (χ0) is 18.8. The maximum atomic E-state index is 12.7. The summed E-state index contributed by atoms with van der Waals surface area (Å²) in [6.45, 7) is 6.34. The second kappa shape index (κ2) is 7.34. The van der Waals surface area contributed by atoms with Crippen molar-refractivity contribution in [3.63, 3.8) is 0 Å². The largest absolute Gasteiger partial charge is 0.337 e. The summed E-state index contributed by atoms with van der Waals surface area (Å²) in [6.07, 6.45) is 9.19. The van der Waals surface area contributed by atoms with Crippen molar-refractivity contribution in [2.24, 2.45) is 0 Å². The molecule has 0 bridgehead atoms. The maximum absolute atomic E-state index is 12.7. The number of aryl methyl sites for hydroxylation is 2. The van der Waals surface area contributed by atoms with Gasteiger partial charge in [0.2, 0.25) is 0 Å². The molecule has 0 atom stereocenters. The molecule has 7 heteroatoms. The van der Waals surface area contributed by atoms with Crippen LogP contribution in [0.3, 0.4) is 0 Å². The second-order valence-electron chi connectivity index (χ2n) is 6.91. The summed E-state index contributed by atoms with van der Waals surface area (Å²) < 4.78 is 4.10. The van der Waals surface area contributed by atoms with Crippen molar-refractivity contribution in [1.82, 2.24) is 29.2 Å². The quantitative estimate of drug-likeness (QED) is 0.714. The fourth-order valence-electron chi connectivity index (χ4n) is 3.76. The number of nitrogens with zero attached hydrogens (tertiary/aromatic N) is 6. The molecule has 0 unspecified atom stereocenters. The first kappa shape index (κ1) is 17.5. The Hall–Kier alpha value is -2.96. The van der Waals surface area contributed by atoms with Gasteiger partial charge in [0.05, 0.1) is 0 Å². The van der Waals surface area contributed by atoms with Gasteiger partial charge in [-0.15, -0.1) is 0 Å². The zero-order valence-corrected chi connectivity index (χ0v) is 15.7. The summed E-state index contributed by atoms with van der Waals surface area (Å²) >= 11 is 0. The van der Waals surface area contributed by atoms with Crippen LogP contribution in [-0.2, 0) is 6.54 Å². The van der Waals surface area contributed by atoms with Crippen molar-refractivity contribution in [2.75, 3.05) is 13.1 Å². The molecule has 1 fully saturated rings. The topological polar surface area (TPSA) is 68.8 Å². The summed E-state index contributed by atoms with van der Waals surface area (Å²) in [5.74, 6) is 0.999. The molecule has 0 spiro atoms. The van der Waals surface area contributed by atoms with Crippen LogP contribution in [0, 0.1) is 6.92 Å². The molecule has 3 aromatic heterocycles. The van der Waals surface area contributed by atoms with Crippen molar-refractivity contribution < 1.29 is 4.79 Å². The Kier molecular flexibility index (Phi) is 4.75. The van der Waals surface area contributed by atoms with E-state index in [0.717, 1.165) is 49.6 Å². The lowest BCUT2D eigenvalue weighted by Gasteiger charge is -2.33. The molecule has 1 saturated heterocycles. The normalized spacial score (nSPS) is 15.3. The van der Waals surface area contributed by atoms with Gasteiger partial charge >= 0.3 is 0 Å². The van der Waals surface area contributed by atoms with Gasteiger partial charge in [-0.25, -0.2) is 4.98 Å². The fourth-order valence-corrected chi connectivity index (χ4v) is 3.76. The molecule has 0 N–H and O–H groups in total. The molecule has 0 aromatic carbocycles. The number of carbonyl (C=O) groups excluding carboxylic acids is 1. The van der Waals surface area contributed by atoms with Crippen LogP contribution in [0.25, 0.3) is 11.4 Å². The molecule has 3 aromatic rings. The minimum atomic E-state index is 0.0253. The Morgan fingerprint density at radius 2 is 1.93 bits per heavy atom. The average Bonchev–Trinajstić information content (AvgIpc) is 3.35. The lowest BCUT2D eigenvalue weighted by Crippen LogP contribution is -2.39. The van der Waals surface area contributed by atoms with E-state index in [4.69, 9.17) is 0 Å². The molecule has 1 aliphatic rings. The zero-order valence-electron chi connectivity index (χ0n) is 15.7. The summed E-state index contributed by atoms with van der Waals surface area (Å²) in [7, 11) is 0. The second-order valence-corrected chi connectivity index (χ2v) is 6.91. The number of hydrogen-bond donors (Lipinski definition) is 0. The van der Waals surface area contributed by atoms with Crippen LogP contribution in [0.5, 0.6) is 0 Å². The van der Waals surface area contributed by atoms with Crippen molar-refractivity contribution in [3.8, 4) is 11.4 Å². The van der Waals surface area contributed by atoms with E-state index in [1.807, 2.05) is 36.4 Å². The molecular weight excluding hydrogens is 340 g/mol. The maximum Gasteiger partial charge on any atom is 0.274 e. The Labute approximate surface area is 158 Å². The Morgan fingerprint density at radius 1 is 1.19 bits per heavy atom. The molecule has 27 heavy (non-hydrogen) atoms. The molecule has 0 radical (unpaired) electrons. The lowest BCUT2D eigenvalue weighted by atomic mass is 10.0. The molecule has 140 valence electrons. The van der Waals surface area contributed by atoms with Crippen LogP contribution in [-0.4, -0.2) is 48.2 Å². The number of hydrogen-bond acceptors (Lipinski definition) is 4. The summed E-state index contributed by atoms with van der Waals surface area (Å²) in [5, 5.41) is 4.35. The van der Waals surface area contributed by atoms with E-state index in [-0.39, 0.29) is 5.91 Å². The van der Waals surface area contributed by atoms with Crippen LogP contribution < -0.4 is 0 Å². The van der Waals surface area contributed by atoms with Crippen molar-refractivity contribution in [1.29, 1.82) is 0 Å². The molecule has 4 heterocycles. The highest BCUT2D eigenvalue weighted by Gasteiger charge is 2.27. The van der Waals surface area contributed by atoms with Gasteiger partial charge in [0.25, 0.3) is 5.91 Å². The van der Waals surface area contributed by atoms with Crippen molar-refractivity contribution >= 4 is 5.91 Å². The first-order chi connectivity index (χ1) is 13.2. The van der Waals surface area contributed by atoms with Gasteiger partial charge in [-0.1, -0.05) is 0 Å². The average molecular weight is 364 g/mol. The molecule has 1 aliphatic heterocycles. The minimum Gasteiger partial charge on any atom is -0.337 e. The molecule has 1 amide bonds. The van der Waals surface area contributed by atoms with Crippen LogP contribution in [0.4, 0.5) is 0 Å². The standard InChI is InChI=1S/C20H24N6O/c1-3-25-13-8-18(23-25)20(27)24-11-6-17(7-12-24)26-15(2)14-22-19(26)16-4-9-21-10-5-16/h4-5,8-10,13-14,17H,3,6-7,11-12H2,1-2H3. The number of pyridine rings is 1. The number of aromatic nitrogens is 5. The van der Waals surface area contributed by atoms with Crippen LogP contribution in [0.2, 0.25) is 0 Å². The first-order valence-corrected chi connectivity index (χ1v) is 9.44. The summed E-state index contributed by atoms with van der Waals surface area (Å²) in [5.41, 5.74) is 2.75. The predicted octanol–water partition coefficient (Wildman–Crippen LogP) is 2.95. The van der Waals surface area contributed by atoms with Gasteiger partial charge in [0, 0.05) is 61.7 Å². The number of imidazole rings is 1. The van der Waals surface area contributed by atoms with Gasteiger partial charge in [-0.05, 0) is 44.9 Å². The van der Waals surface area contributed by atoms with E-state index in [9.17, 15) is 4.79 Å². The van der Waals surface area contributed by atoms with E-state index >= 15 is 0 Å². The molecular formula is C20H24N6O. The van der Waals surface area contributed by atoms with Crippen molar-refractivity contribution in [3.05, 3.63) is 54.4 Å². The van der Waals surface area contributed by atoms with E-state index in [0.29, 0.717) is 11.7 Å². The Balaban J connectivity index is 1.49. The van der Waals surface area contributed by atoms with Gasteiger partial charge in [-0.3, -0.25) is 14.5 Å². The fraction of sp³-hybridized carbons (Fsp3) is 0.400. The van der Waals surface area contributed by atoms with Gasteiger partial charge in [0.1, 0.15) is 11.5 Å². The van der Waals surface area contributed by atoms with E-state index in [1.54, 1.807) is 23.1 Å². The molecule has 7 nitrogen and oxygen atoms in total. The van der Waals surface area contributed by atoms with Crippen LogP contribution >= 0.6 is 0 Å². The number of piperidine rings is 1. The van der Waals surface area contributed by atoms with Crippen molar-refractivity contribution in [2.45, 2.75) is 39.3 Å². The number of amides is 1. The Bertz CT molecular complexity index is 921. The predicted molar refractivity (Wildman–Crippen MR) is 102 cm³/mol. The van der Waals surface area contributed by atoms with Gasteiger partial charge in [0.15, 0.2) is 0 Å². The number of rotatable bonds is 4. The number of carbonyl (C=O) groups is 1. The lowest BCUT2D eigenvalue weighted by molar-refractivity contribution is 0.0688. The molecule has 0 saturated carbocycles. The highest BCUT2D eigenvalue weighted by molar-refractivity contribution is 5.92. The minimum absolute atomic E-state index is 0.0253. The number of likely N-dealkylation sites (tertiary alicyclic amines) is 1. The Morgan fingerprint density at radius 3 is 2.59 bits per heavy atom. The molecule has 0 aliphatic carbocycles. The molecule has 4 rings (SSSR count). The van der Waals surface area contributed by atoms with Gasteiger partial charge in [-0.2, -0.15) is 5.10 Å². The summed E-state index contributed by atoms with van der Waals surface area (Å²) in [6, 6.07) is 6.12. The third kappa shape index (κ3) is 3.37. The van der Waals surface area contributed by atoms with E-state index in [2.05, 4.69) is 26.6 Å². The highest BCUT2D eigenvalue weighted by Crippen LogP contribution is 2.30. The van der Waals surface area contributed by atoms with Gasteiger partial charge < -0.3 is 9.47 Å². The third-order valence-corrected chi connectivity index (χ3v) is 5.22.